The lowest BCUT2D eigenvalue weighted by molar-refractivity contribution is 0.0450. The fourth-order valence-electron chi connectivity index (χ4n) is 4.24. The van der Waals surface area contributed by atoms with Crippen molar-refractivity contribution in [3.63, 3.8) is 0 Å². The van der Waals surface area contributed by atoms with E-state index in [-0.39, 0.29) is 0 Å². The maximum atomic E-state index is 5.98. The summed E-state index contributed by atoms with van der Waals surface area (Å²) in [7, 11) is 3.27. The molecule has 4 rings (SSSR count). The number of nitrogens with zero attached hydrogens (tertiary/aromatic N) is 3. The van der Waals surface area contributed by atoms with Gasteiger partial charge in [-0.2, -0.15) is 0 Å². The van der Waals surface area contributed by atoms with E-state index in [2.05, 4.69) is 9.80 Å². The largest absolute Gasteiger partial charge is 0.493 e. The first-order valence-electron chi connectivity index (χ1n) is 9.83. The molecule has 0 bridgehead atoms. The highest BCUT2D eigenvalue weighted by Gasteiger charge is 2.29. The lowest BCUT2D eigenvalue weighted by Crippen LogP contribution is -2.54. The lowest BCUT2D eigenvalue weighted by Gasteiger charge is -2.43. The number of piperazine rings is 1. The summed E-state index contributed by atoms with van der Waals surface area (Å²) < 4.78 is 16.7. The Hall–Kier alpha value is -2.05. The van der Waals surface area contributed by atoms with E-state index < -0.39 is 0 Å². The Balaban J connectivity index is 1.49. The third-order valence-electron chi connectivity index (χ3n) is 5.82. The van der Waals surface area contributed by atoms with Crippen molar-refractivity contribution in [2.24, 2.45) is 0 Å². The number of ether oxygens (including phenoxy) is 2. The summed E-state index contributed by atoms with van der Waals surface area (Å²) in [5.74, 6) is 2.92. The molecule has 146 valence electrons. The van der Waals surface area contributed by atoms with Crippen LogP contribution in [0.2, 0.25) is 0 Å². The van der Waals surface area contributed by atoms with Gasteiger partial charge in [-0.05, 0) is 44.5 Å². The van der Waals surface area contributed by atoms with Crippen LogP contribution in [0.4, 0.5) is 0 Å². The van der Waals surface area contributed by atoms with E-state index in [1.807, 2.05) is 25.1 Å². The van der Waals surface area contributed by atoms with Crippen molar-refractivity contribution >= 4 is 0 Å². The van der Waals surface area contributed by atoms with E-state index in [0.29, 0.717) is 23.4 Å². The van der Waals surface area contributed by atoms with Crippen LogP contribution in [0, 0.1) is 6.92 Å². The highest BCUT2D eigenvalue weighted by atomic mass is 16.5. The molecular weight excluding hydrogens is 342 g/mol. The Kier molecular flexibility index (Phi) is 5.36. The SMILES string of the molecule is COc1ccc(-c2nc(CN3CCN4CCCC[C@H]4C3)c(C)o2)cc1OC. The van der Waals surface area contributed by atoms with Gasteiger partial charge in [-0.25, -0.2) is 4.98 Å². The van der Waals surface area contributed by atoms with E-state index in [1.165, 1.54) is 32.4 Å². The third-order valence-corrected chi connectivity index (χ3v) is 5.82. The highest BCUT2D eigenvalue weighted by molar-refractivity contribution is 5.60. The molecule has 0 saturated carbocycles. The summed E-state index contributed by atoms with van der Waals surface area (Å²) >= 11 is 0. The van der Waals surface area contributed by atoms with Gasteiger partial charge in [-0.1, -0.05) is 6.42 Å². The molecule has 2 aromatic rings. The van der Waals surface area contributed by atoms with Crippen molar-refractivity contribution < 1.29 is 13.9 Å². The molecule has 1 atom stereocenters. The van der Waals surface area contributed by atoms with Crippen molar-refractivity contribution in [2.75, 3.05) is 40.4 Å². The number of rotatable bonds is 5. The van der Waals surface area contributed by atoms with Crippen LogP contribution in [-0.2, 0) is 6.54 Å². The van der Waals surface area contributed by atoms with Gasteiger partial charge in [0.1, 0.15) is 5.76 Å². The molecule has 3 heterocycles. The van der Waals surface area contributed by atoms with E-state index >= 15 is 0 Å². The standard InChI is InChI=1S/C21H29N3O3/c1-15-18(14-23-10-11-24-9-5-4-6-17(24)13-23)22-21(27-15)16-7-8-19(25-2)20(12-16)26-3/h7-8,12,17H,4-6,9-11,13-14H2,1-3H3/t17-/m0/s1. The molecular formula is C21H29N3O3. The number of hydrogen-bond donors (Lipinski definition) is 0. The average Bonchev–Trinajstić information content (AvgIpc) is 3.07. The number of benzene rings is 1. The molecule has 27 heavy (non-hydrogen) atoms. The van der Waals surface area contributed by atoms with E-state index in [9.17, 15) is 0 Å². The topological polar surface area (TPSA) is 51.0 Å². The molecule has 0 amide bonds. The predicted molar refractivity (Wildman–Crippen MR) is 104 cm³/mol. The first-order valence-corrected chi connectivity index (χ1v) is 9.83. The molecule has 2 saturated heterocycles. The Morgan fingerprint density at radius 1 is 1.11 bits per heavy atom. The molecule has 2 aliphatic rings. The maximum absolute atomic E-state index is 5.98. The molecule has 0 N–H and O–H groups in total. The molecule has 1 aromatic carbocycles. The summed E-state index contributed by atoms with van der Waals surface area (Å²) in [6.45, 7) is 7.54. The van der Waals surface area contributed by atoms with Gasteiger partial charge in [0.05, 0.1) is 19.9 Å². The van der Waals surface area contributed by atoms with Gasteiger partial charge in [0.25, 0.3) is 0 Å². The molecule has 0 unspecified atom stereocenters. The minimum Gasteiger partial charge on any atom is -0.493 e. The van der Waals surface area contributed by atoms with Gasteiger partial charge >= 0.3 is 0 Å². The third kappa shape index (κ3) is 3.82. The van der Waals surface area contributed by atoms with Crippen molar-refractivity contribution in [1.82, 2.24) is 14.8 Å². The van der Waals surface area contributed by atoms with Gasteiger partial charge in [0.15, 0.2) is 11.5 Å². The Morgan fingerprint density at radius 3 is 2.78 bits per heavy atom. The minimum absolute atomic E-state index is 0.639. The summed E-state index contributed by atoms with van der Waals surface area (Å²) in [6.07, 6.45) is 4.04. The second-order valence-electron chi connectivity index (χ2n) is 7.51. The van der Waals surface area contributed by atoms with Gasteiger partial charge in [0.2, 0.25) is 5.89 Å². The van der Waals surface area contributed by atoms with Gasteiger partial charge in [0, 0.05) is 37.8 Å². The second-order valence-corrected chi connectivity index (χ2v) is 7.51. The predicted octanol–water partition coefficient (Wildman–Crippen LogP) is 3.34. The van der Waals surface area contributed by atoms with Crippen molar-refractivity contribution in [1.29, 1.82) is 0 Å². The Morgan fingerprint density at radius 2 is 1.96 bits per heavy atom. The van der Waals surface area contributed by atoms with Crippen molar-refractivity contribution in [2.45, 2.75) is 38.8 Å². The van der Waals surface area contributed by atoms with Crippen LogP contribution in [0.25, 0.3) is 11.5 Å². The van der Waals surface area contributed by atoms with Crippen molar-refractivity contribution in [3.05, 3.63) is 29.7 Å². The summed E-state index contributed by atoms with van der Waals surface area (Å²) in [5.41, 5.74) is 1.93. The summed E-state index contributed by atoms with van der Waals surface area (Å²) in [6, 6.07) is 6.46. The number of aryl methyl sites for hydroxylation is 1. The van der Waals surface area contributed by atoms with E-state index in [0.717, 1.165) is 36.7 Å². The first-order chi connectivity index (χ1) is 13.2. The lowest BCUT2D eigenvalue weighted by atomic mass is 9.99. The summed E-state index contributed by atoms with van der Waals surface area (Å²) in [5, 5.41) is 0. The zero-order valence-corrected chi connectivity index (χ0v) is 16.5. The number of fused-ring (bicyclic) bond motifs is 1. The monoisotopic (exact) mass is 371 g/mol. The van der Waals surface area contributed by atoms with Gasteiger partial charge in [-0.3, -0.25) is 9.80 Å². The molecule has 6 heteroatoms. The van der Waals surface area contributed by atoms with Crippen LogP contribution < -0.4 is 9.47 Å². The smallest absolute Gasteiger partial charge is 0.226 e. The Bertz CT molecular complexity index is 789. The van der Waals surface area contributed by atoms with Crippen LogP contribution in [-0.4, -0.2) is 61.2 Å². The maximum Gasteiger partial charge on any atom is 0.226 e. The minimum atomic E-state index is 0.639. The zero-order chi connectivity index (χ0) is 18.8. The Labute approximate surface area is 161 Å². The quantitative estimate of drug-likeness (QED) is 0.804. The molecule has 0 spiro atoms. The molecule has 0 aliphatic carbocycles. The fourth-order valence-corrected chi connectivity index (χ4v) is 4.24. The van der Waals surface area contributed by atoms with Crippen molar-refractivity contribution in [3.8, 4) is 23.0 Å². The zero-order valence-electron chi connectivity index (χ0n) is 16.5. The number of oxazole rings is 1. The number of hydrogen-bond acceptors (Lipinski definition) is 6. The van der Waals surface area contributed by atoms with Crippen LogP contribution in [0.5, 0.6) is 11.5 Å². The molecule has 1 aromatic heterocycles. The van der Waals surface area contributed by atoms with Gasteiger partial charge in [-0.15, -0.1) is 0 Å². The van der Waals surface area contributed by atoms with Gasteiger partial charge < -0.3 is 13.9 Å². The van der Waals surface area contributed by atoms with Crippen LogP contribution in [0.3, 0.4) is 0 Å². The molecule has 6 nitrogen and oxygen atoms in total. The number of methoxy groups -OCH3 is 2. The number of aromatic nitrogens is 1. The van der Waals surface area contributed by atoms with E-state index in [4.69, 9.17) is 18.9 Å². The fraction of sp³-hybridized carbons (Fsp3) is 0.571. The first kappa shape index (κ1) is 18.3. The summed E-state index contributed by atoms with van der Waals surface area (Å²) in [4.78, 5) is 9.97. The molecule has 2 aliphatic heterocycles. The molecule has 0 radical (unpaired) electrons. The molecule has 2 fully saturated rings. The normalized spacial score (nSPS) is 21.1. The van der Waals surface area contributed by atoms with E-state index in [1.54, 1.807) is 14.2 Å². The van der Waals surface area contributed by atoms with Crippen LogP contribution >= 0.6 is 0 Å². The van der Waals surface area contributed by atoms with Crippen LogP contribution in [0.1, 0.15) is 30.7 Å². The highest BCUT2D eigenvalue weighted by Crippen LogP contribution is 2.33. The second kappa shape index (κ2) is 7.90. The van der Waals surface area contributed by atoms with Crippen LogP contribution in [0.15, 0.2) is 22.6 Å². The average molecular weight is 371 g/mol. The number of piperidine rings is 1.